The van der Waals surface area contributed by atoms with E-state index >= 15 is 0 Å². The highest BCUT2D eigenvalue weighted by molar-refractivity contribution is 5.46. The second-order valence-electron chi connectivity index (χ2n) is 5.13. The summed E-state index contributed by atoms with van der Waals surface area (Å²) in [6.07, 6.45) is 1.88. The Morgan fingerprint density at radius 3 is 2.80 bits per heavy atom. The zero-order valence-corrected chi connectivity index (χ0v) is 12.6. The van der Waals surface area contributed by atoms with Crippen LogP contribution in [0.3, 0.4) is 0 Å². The summed E-state index contributed by atoms with van der Waals surface area (Å²) in [6.45, 7) is 6.93. The molecule has 106 valence electrons. The van der Waals surface area contributed by atoms with E-state index in [4.69, 9.17) is 0 Å². The molecule has 0 atom stereocenters. The Balaban J connectivity index is 2.06. The van der Waals surface area contributed by atoms with E-state index in [1.165, 1.54) is 16.8 Å². The summed E-state index contributed by atoms with van der Waals surface area (Å²) in [4.78, 5) is 6.65. The minimum absolute atomic E-state index is 0.822. The molecule has 1 aromatic heterocycles. The first-order valence-electron chi connectivity index (χ1n) is 7.11. The molecule has 0 aliphatic rings. The number of aromatic nitrogens is 1. The summed E-state index contributed by atoms with van der Waals surface area (Å²) in [5.74, 6) is 0. The van der Waals surface area contributed by atoms with E-state index in [0.29, 0.717) is 0 Å². The second kappa shape index (κ2) is 7.06. The molecule has 0 amide bonds. The Kier molecular flexibility index (Phi) is 5.13. The summed E-state index contributed by atoms with van der Waals surface area (Å²) in [5.41, 5.74) is 4.92. The van der Waals surface area contributed by atoms with Gasteiger partial charge in [0.05, 0.1) is 5.69 Å². The standard InChI is InChI=1S/C17H23N3/c1-4-18-12-16-11-17(8-9-19-16)20(3)13-15-7-5-6-14(2)10-15/h5-11,18H,4,12-13H2,1-3H3. The Morgan fingerprint density at radius 1 is 1.20 bits per heavy atom. The fourth-order valence-corrected chi connectivity index (χ4v) is 2.23. The largest absolute Gasteiger partial charge is 0.370 e. The first-order valence-corrected chi connectivity index (χ1v) is 7.11. The Hall–Kier alpha value is -1.87. The van der Waals surface area contributed by atoms with Crippen molar-refractivity contribution >= 4 is 5.69 Å². The highest BCUT2D eigenvalue weighted by atomic mass is 15.1. The number of anilines is 1. The lowest BCUT2D eigenvalue weighted by Gasteiger charge is -2.20. The van der Waals surface area contributed by atoms with Crippen molar-refractivity contribution in [2.24, 2.45) is 0 Å². The fraction of sp³-hybridized carbons (Fsp3) is 0.353. The molecule has 0 saturated heterocycles. The lowest BCUT2D eigenvalue weighted by Crippen LogP contribution is -2.18. The van der Waals surface area contributed by atoms with E-state index < -0.39 is 0 Å². The maximum Gasteiger partial charge on any atom is 0.0562 e. The zero-order valence-electron chi connectivity index (χ0n) is 12.6. The van der Waals surface area contributed by atoms with E-state index in [1.54, 1.807) is 0 Å². The van der Waals surface area contributed by atoms with Gasteiger partial charge in [-0.25, -0.2) is 0 Å². The number of nitrogens with zero attached hydrogens (tertiary/aromatic N) is 2. The molecule has 1 aromatic carbocycles. The topological polar surface area (TPSA) is 28.2 Å². The highest BCUT2D eigenvalue weighted by Gasteiger charge is 2.04. The van der Waals surface area contributed by atoms with Gasteiger partial charge in [-0.2, -0.15) is 0 Å². The predicted octanol–water partition coefficient (Wildman–Crippen LogP) is 3.14. The second-order valence-corrected chi connectivity index (χ2v) is 5.13. The van der Waals surface area contributed by atoms with Crippen LogP contribution in [-0.2, 0) is 13.1 Å². The highest BCUT2D eigenvalue weighted by Crippen LogP contribution is 2.16. The lowest BCUT2D eigenvalue weighted by atomic mass is 10.1. The molecule has 0 unspecified atom stereocenters. The third-order valence-corrected chi connectivity index (χ3v) is 3.30. The van der Waals surface area contributed by atoms with Gasteiger partial charge in [0.15, 0.2) is 0 Å². The van der Waals surface area contributed by atoms with Gasteiger partial charge in [-0.1, -0.05) is 36.8 Å². The van der Waals surface area contributed by atoms with Crippen LogP contribution in [0.4, 0.5) is 5.69 Å². The van der Waals surface area contributed by atoms with E-state index in [9.17, 15) is 0 Å². The Bertz CT molecular complexity index is 551. The lowest BCUT2D eigenvalue weighted by molar-refractivity contribution is 0.710. The minimum atomic E-state index is 0.822. The van der Waals surface area contributed by atoms with Crippen LogP contribution in [0.15, 0.2) is 42.6 Å². The quantitative estimate of drug-likeness (QED) is 0.873. The van der Waals surface area contributed by atoms with Gasteiger partial charge in [0.25, 0.3) is 0 Å². The summed E-state index contributed by atoms with van der Waals surface area (Å²) < 4.78 is 0. The monoisotopic (exact) mass is 269 g/mol. The smallest absolute Gasteiger partial charge is 0.0562 e. The molecule has 1 heterocycles. The molecule has 2 aromatic rings. The Morgan fingerprint density at radius 2 is 2.05 bits per heavy atom. The fourth-order valence-electron chi connectivity index (χ4n) is 2.23. The number of hydrogen-bond donors (Lipinski definition) is 1. The molecule has 0 fully saturated rings. The molecule has 0 radical (unpaired) electrons. The van der Waals surface area contributed by atoms with E-state index in [-0.39, 0.29) is 0 Å². The summed E-state index contributed by atoms with van der Waals surface area (Å²) in [7, 11) is 2.12. The Labute approximate surface area is 121 Å². The van der Waals surface area contributed by atoms with Crippen molar-refractivity contribution in [2.45, 2.75) is 26.9 Å². The first kappa shape index (κ1) is 14.5. The zero-order chi connectivity index (χ0) is 14.4. The van der Waals surface area contributed by atoms with Gasteiger partial charge in [-0.15, -0.1) is 0 Å². The number of pyridine rings is 1. The molecule has 2 rings (SSSR count). The first-order chi connectivity index (χ1) is 9.69. The van der Waals surface area contributed by atoms with Crippen LogP contribution in [0.1, 0.15) is 23.7 Å². The van der Waals surface area contributed by atoms with Crippen LogP contribution in [0.25, 0.3) is 0 Å². The van der Waals surface area contributed by atoms with Crippen LogP contribution < -0.4 is 10.2 Å². The molecular weight excluding hydrogens is 246 g/mol. The average Bonchev–Trinajstić information content (AvgIpc) is 2.45. The number of rotatable bonds is 6. The van der Waals surface area contributed by atoms with E-state index in [2.05, 4.69) is 72.5 Å². The molecule has 1 N–H and O–H groups in total. The molecule has 3 nitrogen and oxygen atoms in total. The van der Waals surface area contributed by atoms with Gasteiger partial charge in [0.1, 0.15) is 0 Å². The van der Waals surface area contributed by atoms with Crippen molar-refractivity contribution in [3.63, 3.8) is 0 Å². The van der Waals surface area contributed by atoms with Crippen LogP contribution >= 0.6 is 0 Å². The van der Waals surface area contributed by atoms with Crippen LogP contribution in [0, 0.1) is 6.92 Å². The third-order valence-electron chi connectivity index (χ3n) is 3.30. The molecular formula is C17H23N3. The van der Waals surface area contributed by atoms with Crippen molar-refractivity contribution in [1.29, 1.82) is 0 Å². The molecule has 0 aliphatic carbocycles. The van der Waals surface area contributed by atoms with Gasteiger partial charge < -0.3 is 10.2 Å². The van der Waals surface area contributed by atoms with Crippen LogP contribution in [0.5, 0.6) is 0 Å². The van der Waals surface area contributed by atoms with Crippen molar-refractivity contribution in [2.75, 3.05) is 18.5 Å². The summed E-state index contributed by atoms with van der Waals surface area (Å²) in [6, 6.07) is 12.9. The minimum Gasteiger partial charge on any atom is -0.370 e. The number of benzene rings is 1. The van der Waals surface area contributed by atoms with Crippen molar-refractivity contribution in [3.8, 4) is 0 Å². The van der Waals surface area contributed by atoms with Crippen molar-refractivity contribution < 1.29 is 0 Å². The van der Waals surface area contributed by atoms with Gasteiger partial charge >= 0.3 is 0 Å². The van der Waals surface area contributed by atoms with Crippen LogP contribution in [-0.4, -0.2) is 18.6 Å². The number of aryl methyl sites for hydroxylation is 1. The molecule has 0 spiro atoms. The van der Waals surface area contributed by atoms with Gasteiger partial charge in [0, 0.05) is 32.0 Å². The van der Waals surface area contributed by atoms with E-state index in [0.717, 1.165) is 25.3 Å². The molecule has 0 saturated carbocycles. The predicted molar refractivity (Wildman–Crippen MR) is 84.9 cm³/mol. The average molecular weight is 269 g/mol. The molecule has 0 aliphatic heterocycles. The van der Waals surface area contributed by atoms with Gasteiger partial charge in [-0.05, 0) is 31.2 Å². The van der Waals surface area contributed by atoms with Crippen molar-refractivity contribution in [1.82, 2.24) is 10.3 Å². The van der Waals surface area contributed by atoms with Crippen molar-refractivity contribution in [3.05, 3.63) is 59.4 Å². The SMILES string of the molecule is CCNCc1cc(N(C)Cc2cccc(C)c2)ccn1. The summed E-state index contributed by atoms with van der Waals surface area (Å²) >= 11 is 0. The number of hydrogen-bond acceptors (Lipinski definition) is 3. The third kappa shape index (κ3) is 4.07. The van der Waals surface area contributed by atoms with Gasteiger partial charge in [0.2, 0.25) is 0 Å². The van der Waals surface area contributed by atoms with Crippen LogP contribution in [0.2, 0.25) is 0 Å². The normalized spacial score (nSPS) is 10.6. The molecule has 3 heteroatoms. The molecule has 0 bridgehead atoms. The summed E-state index contributed by atoms with van der Waals surface area (Å²) in [5, 5.41) is 3.31. The maximum absolute atomic E-state index is 4.39. The number of nitrogens with one attached hydrogen (secondary N) is 1. The van der Waals surface area contributed by atoms with E-state index in [1.807, 2.05) is 6.20 Å². The molecule has 20 heavy (non-hydrogen) atoms. The van der Waals surface area contributed by atoms with Gasteiger partial charge in [-0.3, -0.25) is 4.98 Å². The maximum atomic E-state index is 4.39.